The molecule has 6 nitrogen and oxygen atoms in total. The van der Waals surface area contributed by atoms with E-state index in [0.717, 1.165) is 47.7 Å². The molecule has 1 unspecified atom stereocenters. The number of benzene rings is 3. The third-order valence-corrected chi connectivity index (χ3v) is 8.21. The van der Waals surface area contributed by atoms with Gasteiger partial charge in [-0.2, -0.15) is 0 Å². The SMILES string of the molecule is CC(C(=O)NC1CCCCC1)N(Cc1ccccc1Cl)C(=O)CCCN1C(=O)c2cccc3cccc1c23. The lowest BCUT2D eigenvalue weighted by molar-refractivity contribution is -0.141. The van der Waals surface area contributed by atoms with Crippen LogP contribution in [0.4, 0.5) is 5.69 Å². The number of hydrogen-bond donors (Lipinski definition) is 1. The van der Waals surface area contributed by atoms with E-state index in [0.29, 0.717) is 23.6 Å². The summed E-state index contributed by atoms with van der Waals surface area (Å²) in [6.07, 6.45) is 6.12. The van der Waals surface area contributed by atoms with E-state index in [2.05, 4.69) is 5.32 Å². The van der Waals surface area contributed by atoms with E-state index in [1.165, 1.54) is 6.42 Å². The van der Waals surface area contributed by atoms with Crippen LogP contribution in [0.5, 0.6) is 0 Å². The average molecular weight is 532 g/mol. The van der Waals surface area contributed by atoms with Crippen LogP contribution < -0.4 is 10.2 Å². The lowest BCUT2D eigenvalue weighted by atomic mass is 9.95. The van der Waals surface area contributed by atoms with Crippen molar-refractivity contribution in [2.24, 2.45) is 0 Å². The number of rotatable bonds is 9. The topological polar surface area (TPSA) is 69.7 Å². The zero-order valence-corrected chi connectivity index (χ0v) is 22.5. The summed E-state index contributed by atoms with van der Waals surface area (Å²) in [5.74, 6) is -0.287. The Morgan fingerprint density at radius 3 is 2.53 bits per heavy atom. The smallest absolute Gasteiger partial charge is 0.258 e. The van der Waals surface area contributed by atoms with Crippen LogP contribution in [0.15, 0.2) is 60.7 Å². The highest BCUT2D eigenvalue weighted by molar-refractivity contribution is 6.31. The number of nitrogens with zero attached hydrogens (tertiary/aromatic N) is 2. The molecule has 3 aromatic rings. The number of carbonyl (C=O) groups excluding carboxylic acids is 3. The monoisotopic (exact) mass is 531 g/mol. The maximum Gasteiger partial charge on any atom is 0.258 e. The second kappa shape index (κ2) is 11.6. The minimum absolute atomic E-state index is 0.0302. The molecule has 1 fully saturated rings. The van der Waals surface area contributed by atoms with Gasteiger partial charge in [0.25, 0.3) is 5.91 Å². The van der Waals surface area contributed by atoms with Crippen LogP contribution in [0.2, 0.25) is 5.02 Å². The number of carbonyl (C=O) groups is 3. The molecule has 0 saturated heterocycles. The predicted octanol–water partition coefficient (Wildman–Crippen LogP) is 6.10. The highest BCUT2D eigenvalue weighted by atomic mass is 35.5. The summed E-state index contributed by atoms with van der Waals surface area (Å²) in [6, 6.07) is 18.6. The van der Waals surface area contributed by atoms with Gasteiger partial charge in [0.2, 0.25) is 11.8 Å². The molecule has 0 radical (unpaired) electrons. The van der Waals surface area contributed by atoms with Crippen molar-refractivity contribution < 1.29 is 14.4 Å². The zero-order valence-electron chi connectivity index (χ0n) is 21.8. The van der Waals surface area contributed by atoms with Crippen molar-refractivity contribution in [3.05, 3.63) is 76.8 Å². The third-order valence-electron chi connectivity index (χ3n) is 7.84. The number of nitrogens with one attached hydrogen (secondary N) is 1. The molecule has 3 aromatic carbocycles. The molecule has 3 amide bonds. The molecule has 7 heteroatoms. The van der Waals surface area contributed by atoms with Gasteiger partial charge in [-0.3, -0.25) is 14.4 Å². The number of hydrogen-bond acceptors (Lipinski definition) is 3. The van der Waals surface area contributed by atoms with Crippen LogP contribution in [-0.4, -0.2) is 41.2 Å². The third kappa shape index (κ3) is 5.41. The van der Waals surface area contributed by atoms with E-state index in [1.807, 2.05) is 54.6 Å². The van der Waals surface area contributed by atoms with E-state index >= 15 is 0 Å². The highest BCUT2D eigenvalue weighted by Gasteiger charge is 2.31. The van der Waals surface area contributed by atoms with E-state index in [1.54, 1.807) is 22.8 Å². The summed E-state index contributed by atoms with van der Waals surface area (Å²) in [7, 11) is 0. The highest BCUT2D eigenvalue weighted by Crippen LogP contribution is 2.37. The van der Waals surface area contributed by atoms with Crippen molar-refractivity contribution in [2.45, 2.75) is 70.5 Å². The Morgan fingerprint density at radius 2 is 1.76 bits per heavy atom. The fourth-order valence-corrected chi connectivity index (χ4v) is 5.89. The van der Waals surface area contributed by atoms with E-state index in [4.69, 9.17) is 11.6 Å². The average Bonchev–Trinajstić information content (AvgIpc) is 3.21. The maximum atomic E-state index is 13.6. The van der Waals surface area contributed by atoms with Crippen LogP contribution in [0.1, 0.15) is 67.8 Å². The molecule has 1 aliphatic carbocycles. The van der Waals surface area contributed by atoms with Gasteiger partial charge >= 0.3 is 0 Å². The summed E-state index contributed by atoms with van der Waals surface area (Å²) >= 11 is 6.42. The Morgan fingerprint density at radius 1 is 1.03 bits per heavy atom. The number of amides is 3. The lowest BCUT2D eigenvalue weighted by Gasteiger charge is -2.31. The molecule has 198 valence electrons. The van der Waals surface area contributed by atoms with Crippen molar-refractivity contribution in [2.75, 3.05) is 11.4 Å². The molecule has 1 atom stereocenters. The Hall–Kier alpha value is -3.38. The van der Waals surface area contributed by atoms with Crippen molar-refractivity contribution >= 4 is 45.8 Å². The Labute approximate surface area is 228 Å². The normalized spacial score (nSPS) is 16.1. The quantitative estimate of drug-likeness (QED) is 0.362. The molecule has 1 heterocycles. The molecule has 0 bridgehead atoms. The molecular formula is C31H34ClN3O3. The molecule has 1 N–H and O–H groups in total. The van der Waals surface area contributed by atoms with Crippen LogP contribution in [0.3, 0.4) is 0 Å². The lowest BCUT2D eigenvalue weighted by Crippen LogP contribution is -2.50. The van der Waals surface area contributed by atoms with Crippen LogP contribution in [0, 0.1) is 0 Å². The predicted molar refractivity (Wildman–Crippen MR) is 151 cm³/mol. The first-order valence-electron chi connectivity index (χ1n) is 13.6. The molecule has 1 aliphatic heterocycles. The standard InChI is InChI=1S/C31H34ClN3O3/c1-21(30(37)33-24-13-3-2-4-14-24)35(20-23-10-5-6-16-26(23)32)28(36)18-9-19-34-27-17-8-12-22-11-7-15-25(29(22)27)31(34)38/h5-8,10-12,15-17,21,24H,2-4,9,13-14,18-20H2,1H3,(H,33,37). The summed E-state index contributed by atoms with van der Waals surface area (Å²) in [5.41, 5.74) is 2.40. The molecular weight excluding hydrogens is 498 g/mol. The van der Waals surface area contributed by atoms with Crippen LogP contribution in [0.25, 0.3) is 10.8 Å². The van der Waals surface area contributed by atoms with Crippen LogP contribution in [-0.2, 0) is 16.1 Å². The van der Waals surface area contributed by atoms with E-state index < -0.39 is 6.04 Å². The van der Waals surface area contributed by atoms with Gasteiger partial charge in [-0.1, -0.05) is 73.3 Å². The van der Waals surface area contributed by atoms with Gasteiger partial charge in [0, 0.05) is 41.5 Å². The van der Waals surface area contributed by atoms with Crippen molar-refractivity contribution in [3.63, 3.8) is 0 Å². The summed E-state index contributed by atoms with van der Waals surface area (Å²) in [6.45, 7) is 2.47. The van der Waals surface area contributed by atoms with Crippen molar-refractivity contribution in [1.82, 2.24) is 10.2 Å². The second-order valence-corrected chi connectivity index (χ2v) is 10.8. The molecule has 38 heavy (non-hydrogen) atoms. The fourth-order valence-electron chi connectivity index (χ4n) is 5.69. The number of halogens is 1. The first-order chi connectivity index (χ1) is 18.4. The minimum Gasteiger partial charge on any atom is -0.352 e. The van der Waals surface area contributed by atoms with Gasteiger partial charge in [0.15, 0.2) is 0 Å². The zero-order chi connectivity index (χ0) is 26.6. The van der Waals surface area contributed by atoms with Gasteiger partial charge in [0.05, 0.1) is 5.69 Å². The summed E-state index contributed by atoms with van der Waals surface area (Å²) in [5, 5.41) is 5.74. The minimum atomic E-state index is -0.632. The van der Waals surface area contributed by atoms with Crippen molar-refractivity contribution in [3.8, 4) is 0 Å². The van der Waals surface area contributed by atoms with Crippen LogP contribution >= 0.6 is 11.6 Å². The van der Waals surface area contributed by atoms with E-state index in [-0.39, 0.29) is 36.7 Å². The van der Waals surface area contributed by atoms with Gasteiger partial charge < -0.3 is 15.1 Å². The van der Waals surface area contributed by atoms with Gasteiger partial charge in [0.1, 0.15) is 6.04 Å². The van der Waals surface area contributed by atoms with Gasteiger partial charge in [-0.05, 0) is 55.3 Å². The molecule has 1 saturated carbocycles. The summed E-state index contributed by atoms with van der Waals surface area (Å²) < 4.78 is 0. The summed E-state index contributed by atoms with van der Waals surface area (Å²) in [4.78, 5) is 43.3. The Balaban J connectivity index is 1.27. The first kappa shape index (κ1) is 26.2. The number of anilines is 1. The maximum absolute atomic E-state index is 13.6. The molecule has 0 spiro atoms. The van der Waals surface area contributed by atoms with Gasteiger partial charge in [-0.25, -0.2) is 0 Å². The fraction of sp³-hybridized carbons (Fsp3) is 0.387. The first-order valence-corrected chi connectivity index (χ1v) is 14.0. The molecule has 2 aliphatic rings. The second-order valence-electron chi connectivity index (χ2n) is 10.4. The van der Waals surface area contributed by atoms with Crippen molar-refractivity contribution in [1.29, 1.82) is 0 Å². The van der Waals surface area contributed by atoms with E-state index in [9.17, 15) is 14.4 Å². The van der Waals surface area contributed by atoms with Gasteiger partial charge in [-0.15, -0.1) is 0 Å². The molecule has 5 rings (SSSR count). The Bertz CT molecular complexity index is 1350. The Kier molecular flexibility index (Phi) is 7.98. The molecule has 0 aromatic heterocycles. The largest absolute Gasteiger partial charge is 0.352 e.